The first-order chi connectivity index (χ1) is 15.7. The molecule has 4 nitrogen and oxygen atoms in total. The zero-order valence-electron chi connectivity index (χ0n) is 20.5. The van der Waals surface area contributed by atoms with Gasteiger partial charge in [-0.2, -0.15) is 0 Å². The first-order valence-corrected chi connectivity index (χ1v) is 12.6. The van der Waals surface area contributed by atoms with Crippen molar-refractivity contribution in [1.82, 2.24) is 4.98 Å². The van der Waals surface area contributed by atoms with Gasteiger partial charge in [0.25, 0.3) is 0 Å². The lowest BCUT2D eigenvalue weighted by atomic mass is 10.0. The van der Waals surface area contributed by atoms with Crippen molar-refractivity contribution in [3.8, 4) is 22.8 Å². The van der Waals surface area contributed by atoms with Gasteiger partial charge >= 0.3 is 0 Å². The Morgan fingerprint density at radius 3 is 2.16 bits per heavy atom. The van der Waals surface area contributed by atoms with Crippen LogP contribution in [0.15, 0.2) is 42.6 Å². The van der Waals surface area contributed by atoms with Crippen LogP contribution >= 0.6 is 0 Å². The standard InChI is InChI=1S/C28H43NO3/c1-4-6-8-9-12-24(3)23-32-26-15-13-25(14-16-26)28-18-17-27(22-29-28)31-21-11-20-30-19-10-7-5-2/h13-18,22,24H,4-12,19-21,23H2,1-3H3. The summed E-state index contributed by atoms with van der Waals surface area (Å²) in [5.41, 5.74) is 2.02. The van der Waals surface area contributed by atoms with Crippen LogP contribution in [0.5, 0.6) is 11.5 Å². The fraction of sp³-hybridized carbons (Fsp3) is 0.607. The molecule has 1 aromatic heterocycles. The summed E-state index contributed by atoms with van der Waals surface area (Å²) in [6.45, 7) is 9.76. The van der Waals surface area contributed by atoms with E-state index in [4.69, 9.17) is 14.2 Å². The van der Waals surface area contributed by atoms with Gasteiger partial charge in [-0.3, -0.25) is 4.98 Å². The molecule has 2 rings (SSSR count). The van der Waals surface area contributed by atoms with Gasteiger partial charge in [-0.05, 0) is 55.2 Å². The SMILES string of the molecule is CCCCCCC(C)COc1ccc(-c2ccc(OCCCOCCCCC)cn2)cc1. The van der Waals surface area contributed by atoms with Crippen LogP contribution in [0.25, 0.3) is 11.3 Å². The van der Waals surface area contributed by atoms with Crippen LogP contribution < -0.4 is 9.47 Å². The predicted octanol–water partition coefficient (Wildman–Crippen LogP) is 7.71. The monoisotopic (exact) mass is 441 g/mol. The molecule has 0 amide bonds. The lowest BCUT2D eigenvalue weighted by Crippen LogP contribution is -2.08. The molecule has 0 N–H and O–H groups in total. The Morgan fingerprint density at radius 2 is 1.44 bits per heavy atom. The van der Waals surface area contributed by atoms with Crippen molar-refractivity contribution < 1.29 is 14.2 Å². The molecule has 32 heavy (non-hydrogen) atoms. The highest BCUT2D eigenvalue weighted by molar-refractivity contribution is 5.60. The average Bonchev–Trinajstić information content (AvgIpc) is 2.83. The van der Waals surface area contributed by atoms with Crippen LogP contribution in [0.1, 0.15) is 78.6 Å². The molecule has 0 bridgehead atoms. The molecule has 4 heteroatoms. The number of unbranched alkanes of at least 4 members (excludes halogenated alkanes) is 5. The smallest absolute Gasteiger partial charge is 0.137 e. The summed E-state index contributed by atoms with van der Waals surface area (Å²) in [6, 6.07) is 12.2. The zero-order chi connectivity index (χ0) is 22.9. The summed E-state index contributed by atoms with van der Waals surface area (Å²) in [6.07, 6.45) is 12.8. The molecular formula is C28H43NO3. The van der Waals surface area contributed by atoms with Crippen LogP contribution in [0.4, 0.5) is 0 Å². The highest BCUT2D eigenvalue weighted by Crippen LogP contribution is 2.23. The topological polar surface area (TPSA) is 40.6 Å². The number of nitrogens with zero attached hydrogens (tertiary/aromatic N) is 1. The largest absolute Gasteiger partial charge is 0.493 e. The predicted molar refractivity (Wildman–Crippen MR) is 134 cm³/mol. The Morgan fingerprint density at radius 1 is 0.719 bits per heavy atom. The second kappa shape index (κ2) is 16.5. The molecule has 1 unspecified atom stereocenters. The molecule has 1 heterocycles. The van der Waals surface area contributed by atoms with E-state index in [1.54, 1.807) is 6.20 Å². The van der Waals surface area contributed by atoms with E-state index in [2.05, 4.69) is 37.9 Å². The first-order valence-electron chi connectivity index (χ1n) is 12.6. The number of benzene rings is 1. The minimum absolute atomic E-state index is 0.591. The second-order valence-electron chi connectivity index (χ2n) is 8.69. The van der Waals surface area contributed by atoms with Gasteiger partial charge in [0.05, 0.1) is 25.1 Å². The maximum absolute atomic E-state index is 5.98. The average molecular weight is 442 g/mol. The Balaban J connectivity index is 1.67. The van der Waals surface area contributed by atoms with E-state index in [-0.39, 0.29) is 0 Å². The van der Waals surface area contributed by atoms with Crippen molar-refractivity contribution in [1.29, 1.82) is 0 Å². The highest BCUT2D eigenvalue weighted by Gasteiger charge is 2.05. The fourth-order valence-electron chi connectivity index (χ4n) is 3.51. The second-order valence-corrected chi connectivity index (χ2v) is 8.69. The van der Waals surface area contributed by atoms with Crippen molar-refractivity contribution >= 4 is 0 Å². The van der Waals surface area contributed by atoms with E-state index in [0.29, 0.717) is 12.5 Å². The maximum atomic E-state index is 5.98. The first kappa shape index (κ1) is 26.2. The van der Waals surface area contributed by atoms with Gasteiger partial charge in [-0.25, -0.2) is 0 Å². The molecule has 0 aliphatic heterocycles. The van der Waals surface area contributed by atoms with Crippen LogP contribution in [-0.4, -0.2) is 31.4 Å². The molecule has 0 aliphatic rings. The van der Waals surface area contributed by atoms with Crippen LogP contribution in [0, 0.1) is 5.92 Å². The van der Waals surface area contributed by atoms with Gasteiger partial charge in [0.15, 0.2) is 0 Å². The number of pyridine rings is 1. The zero-order valence-corrected chi connectivity index (χ0v) is 20.5. The van der Waals surface area contributed by atoms with Gasteiger partial charge in [-0.15, -0.1) is 0 Å². The Hall–Kier alpha value is -2.07. The van der Waals surface area contributed by atoms with Gasteiger partial charge in [0.2, 0.25) is 0 Å². The van der Waals surface area contributed by atoms with Gasteiger partial charge < -0.3 is 14.2 Å². The van der Waals surface area contributed by atoms with Crippen LogP contribution in [-0.2, 0) is 4.74 Å². The Bertz CT molecular complexity index is 700. The van der Waals surface area contributed by atoms with E-state index in [1.165, 1.54) is 44.9 Å². The van der Waals surface area contributed by atoms with Crippen LogP contribution in [0.2, 0.25) is 0 Å². The number of rotatable bonds is 18. The van der Waals surface area contributed by atoms with E-state index < -0.39 is 0 Å². The van der Waals surface area contributed by atoms with Gasteiger partial charge in [0, 0.05) is 25.2 Å². The van der Waals surface area contributed by atoms with Crippen molar-refractivity contribution in [3.05, 3.63) is 42.6 Å². The normalized spacial score (nSPS) is 12.0. The third-order valence-corrected chi connectivity index (χ3v) is 5.57. The Labute approximate surface area is 195 Å². The molecule has 0 spiro atoms. The van der Waals surface area contributed by atoms with Crippen molar-refractivity contribution in [2.75, 3.05) is 26.4 Å². The number of aromatic nitrogens is 1. The number of hydrogen-bond acceptors (Lipinski definition) is 4. The van der Waals surface area contributed by atoms with Gasteiger partial charge in [0.1, 0.15) is 11.5 Å². The number of ether oxygens (including phenoxy) is 3. The third kappa shape index (κ3) is 11.0. The lowest BCUT2D eigenvalue weighted by Gasteiger charge is -2.13. The van der Waals surface area contributed by atoms with Crippen molar-refractivity contribution in [2.45, 2.75) is 78.6 Å². The maximum Gasteiger partial charge on any atom is 0.137 e. The summed E-state index contributed by atoms with van der Waals surface area (Å²) in [4.78, 5) is 4.55. The summed E-state index contributed by atoms with van der Waals surface area (Å²) in [5, 5.41) is 0. The summed E-state index contributed by atoms with van der Waals surface area (Å²) in [5.74, 6) is 2.31. The van der Waals surface area contributed by atoms with E-state index in [1.807, 2.05) is 24.3 Å². The molecule has 1 aromatic carbocycles. The molecule has 0 radical (unpaired) electrons. The van der Waals surface area contributed by atoms with Gasteiger partial charge in [-0.1, -0.05) is 59.3 Å². The van der Waals surface area contributed by atoms with E-state index in [0.717, 1.165) is 55.4 Å². The molecule has 2 aromatic rings. The molecule has 178 valence electrons. The van der Waals surface area contributed by atoms with E-state index >= 15 is 0 Å². The molecular weight excluding hydrogens is 398 g/mol. The summed E-state index contributed by atoms with van der Waals surface area (Å²) >= 11 is 0. The van der Waals surface area contributed by atoms with Crippen molar-refractivity contribution in [3.63, 3.8) is 0 Å². The molecule has 0 saturated carbocycles. The minimum atomic E-state index is 0.591. The Kier molecular flexibility index (Phi) is 13.5. The molecule has 0 saturated heterocycles. The lowest BCUT2D eigenvalue weighted by molar-refractivity contribution is 0.116. The fourth-order valence-corrected chi connectivity index (χ4v) is 3.51. The number of hydrogen-bond donors (Lipinski definition) is 0. The molecule has 0 fully saturated rings. The van der Waals surface area contributed by atoms with E-state index in [9.17, 15) is 0 Å². The van der Waals surface area contributed by atoms with Crippen molar-refractivity contribution in [2.24, 2.45) is 5.92 Å². The minimum Gasteiger partial charge on any atom is -0.493 e. The molecule has 0 aliphatic carbocycles. The third-order valence-electron chi connectivity index (χ3n) is 5.57. The van der Waals surface area contributed by atoms with Crippen LogP contribution in [0.3, 0.4) is 0 Å². The summed E-state index contributed by atoms with van der Waals surface area (Å²) < 4.78 is 17.4. The molecule has 1 atom stereocenters. The summed E-state index contributed by atoms with van der Waals surface area (Å²) in [7, 11) is 0. The quantitative estimate of drug-likeness (QED) is 0.222. The highest BCUT2D eigenvalue weighted by atomic mass is 16.5.